The molecule has 1 unspecified atom stereocenters. The molecule has 1 saturated heterocycles. The Hall–Kier alpha value is -3.37. The van der Waals surface area contributed by atoms with Gasteiger partial charge in [0, 0.05) is 26.0 Å². The molecule has 1 atom stereocenters. The van der Waals surface area contributed by atoms with Gasteiger partial charge in [0.15, 0.2) is 0 Å². The van der Waals surface area contributed by atoms with E-state index in [9.17, 15) is 13.2 Å². The number of hydrogen-bond acceptors (Lipinski definition) is 5. The standard InChI is InChI=1S/C26H33N5O4S/c1-19-6-9-22(16-20(19)2)24-17-30(31(36(5,33)34)18-25-27-13-15-28(25)3)26(32)29(24)14-12-21-7-10-23(35-4)11-8-21/h6-11,13,15-16,24H,12,14,17-18H2,1-5H3. The monoisotopic (exact) mass is 511 g/mol. The van der Waals surface area contributed by atoms with Gasteiger partial charge in [0.1, 0.15) is 11.6 Å². The lowest BCUT2D eigenvalue weighted by atomic mass is 10.0. The predicted octanol–water partition coefficient (Wildman–Crippen LogP) is 3.44. The number of benzene rings is 2. The van der Waals surface area contributed by atoms with Gasteiger partial charge in [0.2, 0.25) is 10.0 Å². The van der Waals surface area contributed by atoms with Crippen molar-refractivity contribution in [3.05, 3.63) is 82.9 Å². The second-order valence-corrected chi connectivity index (χ2v) is 11.1. The van der Waals surface area contributed by atoms with Crippen molar-refractivity contribution in [2.75, 3.05) is 26.5 Å². The maximum Gasteiger partial charge on any atom is 0.336 e. The summed E-state index contributed by atoms with van der Waals surface area (Å²) in [5.41, 5.74) is 4.33. The molecule has 0 bridgehead atoms. The van der Waals surface area contributed by atoms with Gasteiger partial charge in [0.05, 0.1) is 32.5 Å². The summed E-state index contributed by atoms with van der Waals surface area (Å²) in [5.74, 6) is 1.32. The zero-order valence-corrected chi connectivity index (χ0v) is 22.2. The number of methoxy groups -OCH3 is 1. The first kappa shape index (κ1) is 25.7. The summed E-state index contributed by atoms with van der Waals surface area (Å²) >= 11 is 0. The number of urea groups is 1. The highest BCUT2D eigenvalue weighted by atomic mass is 32.2. The maximum absolute atomic E-state index is 13.8. The van der Waals surface area contributed by atoms with E-state index in [0.29, 0.717) is 18.8 Å². The molecule has 2 heterocycles. The van der Waals surface area contributed by atoms with Crippen molar-refractivity contribution in [1.29, 1.82) is 0 Å². The second-order valence-electron chi connectivity index (χ2n) is 9.21. The molecule has 2 aromatic carbocycles. The topological polar surface area (TPSA) is 88.0 Å². The highest BCUT2D eigenvalue weighted by Gasteiger charge is 2.43. The third-order valence-electron chi connectivity index (χ3n) is 6.75. The number of nitrogens with zero attached hydrogens (tertiary/aromatic N) is 5. The molecule has 1 aromatic heterocycles. The van der Waals surface area contributed by atoms with E-state index in [1.54, 1.807) is 36.0 Å². The number of amides is 2. The Morgan fingerprint density at radius 2 is 1.83 bits per heavy atom. The van der Waals surface area contributed by atoms with Gasteiger partial charge in [-0.25, -0.2) is 23.2 Å². The summed E-state index contributed by atoms with van der Waals surface area (Å²) in [4.78, 5) is 19.8. The van der Waals surface area contributed by atoms with Gasteiger partial charge >= 0.3 is 6.03 Å². The molecule has 0 N–H and O–H groups in total. The highest BCUT2D eigenvalue weighted by molar-refractivity contribution is 7.88. The summed E-state index contributed by atoms with van der Waals surface area (Å²) in [5, 5.41) is 1.35. The van der Waals surface area contributed by atoms with E-state index in [-0.39, 0.29) is 25.2 Å². The first-order valence-electron chi connectivity index (χ1n) is 11.8. The molecule has 1 aliphatic heterocycles. The van der Waals surface area contributed by atoms with Gasteiger partial charge in [-0.2, -0.15) is 0 Å². The van der Waals surface area contributed by atoms with Crippen LogP contribution in [-0.2, 0) is 30.0 Å². The summed E-state index contributed by atoms with van der Waals surface area (Å²) in [6.07, 6.45) is 5.11. The number of ether oxygens (including phenoxy) is 1. The van der Waals surface area contributed by atoms with E-state index >= 15 is 0 Å². The zero-order valence-electron chi connectivity index (χ0n) is 21.4. The third-order valence-corrected chi connectivity index (χ3v) is 7.85. The van der Waals surface area contributed by atoms with Crippen LogP contribution in [0.5, 0.6) is 5.75 Å². The van der Waals surface area contributed by atoms with Crippen LogP contribution in [0.1, 0.15) is 34.1 Å². The van der Waals surface area contributed by atoms with Gasteiger partial charge in [-0.3, -0.25) is 0 Å². The van der Waals surface area contributed by atoms with Crippen molar-refractivity contribution in [3.8, 4) is 5.75 Å². The Morgan fingerprint density at radius 3 is 2.42 bits per heavy atom. The van der Waals surface area contributed by atoms with Crippen LogP contribution in [0.2, 0.25) is 0 Å². The fourth-order valence-electron chi connectivity index (χ4n) is 4.41. The van der Waals surface area contributed by atoms with Gasteiger partial charge in [-0.15, -0.1) is 4.41 Å². The Kier molecular flexibility index (Phi) is 7.37. The van der Waals surface area contributed by atoms with Crippen LogP contribution in [0.25, 0.3) is 0 Å². The fraction of sp³-hybridized carbons (Fsp3) is 0.385. The Bertz CT molecular complexity index is 1340. The molecule has 1 fully saturated rings. The van der Waals surface area contributed by atoms with Crippen LogP contribution < -0.4 is 4.74 Å². The lowest BCUT2D eigenvalue weighted by Gasteiger charge is -2.29. The smallest absolute Gasteiger partial charge is 0.336 e. The molecule has 2 amide bonds. The lowest BCUT2D eigenvalue weighted by Crippen LogP contribution is -2.48. The minimum atomic E-state index is -3.75. The first-order valence-corrected chi connectivity index (χ1v) is 13.7. The SMILES string of the molecule is COc1ccc(CCN2C(=O)N(N(Cc3nccn3C)S(C)(=O)=O)CC2c2ccc(C)c(C)c2)cc1. The first-order chi connectivity index (χ1) is 17.1. The molecule has 1 aliphatic rings. The summed E-state index contributed by atoms with van der Waals surface area (Å²) < 4.78 is 33.8. The number of aryl methyl sites for hydroxylation is 3. The van der Waals surface area contributed by atoms with Crippen LogP contribution in [0.4, 0.5) is 4.79 Å². The Morgan fingerprint density at radius 1 is 1.11 bits per heavy atom. The zero-order chi connectivity index (χ0) is 26.0. The number of hydrazine groups is 1. The number of carbonyl (C=O) groups is 1. The second kappa shape index (κ2) is 10.3. The molecule has 0 radical (unpaired) electrons. The molecule has 0 saturated carbocycles. The third kappa shape index (κ3) is 5.39. The molecular weight excluding hydrogens is 478 g/mol. The quantitative estimate of drug-likeness (QED) is 0.439. The fourth-order valence-corrected chi connectivity index (χ4v) is 5.26. The van der Waals surface area contributed by atoms with Gasteiger partial charge in [0.25, 0.3) is 0 Å². The van der Waals surface area contributed by atoms with Crippen molar-refractivity contribution in [1.82, 2.24) is 23.9 Å². The van der Waals surface area contributed by atoms with Gasteiger partial charge < -0.3 is 14.2 Å². The number of imidazole rings is 1. The summed E-state index contributed by atoms with van der Waals surface area (Å²) in [6, 6.07) is 13.3. The molecule has 3 aromatic rings. The van der Waals surface area contributed by atoms with E-state index in [1.165, 1.54) is 5.01 Å². The molecular formula is C26H33N5O4S. The van der Waals surface area contributed by atoms with Crippen molar-refractivity contribution >= 4 is 16.1 Å². The van der Waals surface area contributed by atoms with E-state index in [4.69, 9.17) is 4.74 Å². The lowest BCUT2D eigenvalue weighted by molar-refractivity contribution is 0.0991. The molecule has 0 aliphatic carbocycles. The Balaban J connectivity index is 1.66. The molecule has 192 valence electrons. The molecule has 0 spiro atoms. The average Bonchev–Trinajstić information content (AvgIpc) is 3.39. The van der Waals surface area contributed by atoms with Gasteiger partial charge in [-0.1, -0.05) is 30.3 Å². The van der Waals surface area contributed by atoms with E-state index < -0.39 is 10.0 Å². The predicted molar refractivity (Wildman–Crippen MR) is 138 cm³/mol. The summed E-state index contributed by atoms with van der Waals surface area (Å²) in [7, 11) is -0.325. The number of sulfonamides is 1. The molecule has 4 rings (SSSR count). The highest BCUT2D eigenvalue weighted by Crippen LogP contribution is 2.33. The van der Waals surface area contributed by atoms with Crippen LogP contribution in [0.15, 0.2) is 54.9 Å². The number of hydrogen-bond donors (Lipinski definition) is 0. The minimum Gasteiger partial charge on any atom is -0.497 e. The number of rotatable bonds is 9. The van der Waals surface area contributed by atoms with Crippen LogP contribution in [0, 0.1) is 13.8 Å². The van der Waals surface area contributed by atoms with E-state index in [1.807, 2.05) is 50.2 Å². The van der Waals surface area contributed by atoms with Crippen LogP contribution >= 0.6 is 0 Å². The number of aromatic nitrogens is 2. The maximum atomic E-state index is 13.8. The van der Waals surface area contributed by atoms with Gasteiger partial charge in [-0.05, 0) is 54.7 Å². The van der Waals surface area contributed by atoms with Crippen molar-refractivity contribution in [2.45, 2.75) is 32.9 Å². The van der Waals surface area contributed by atoms with Crippen molar-refractivity contribution in [2.24, 2.45) is 7.05 Å². The normalized spacial score (nSPS) is 16.3. The van der Waals surface area contributed by atoms with E-state index in [2.05, 4.69) is 11.1 Å². The molecule has 10 heteroatoms. The summed E-state index contributed by atoms with van der Waals surface area (Å²) in [6.45, 7) is 4.73. The van der Waals surface area contributed by atoms with Crippen LogP contribution in [-0.4, -0.2) is 64.8 Å². The number of carbonyl (C=O) groups excluding carboxylic acids is 1. The van der Waals surface area contributed by atoms with Crippen LogP contribution in [0.3, 0.4) is 0 Å². The largest absolute Gasteiger partial charge is 0.497 e. The minimum absolute atomic E-state index is 0.0277. The average molecular weight is 512 g/mol. The van der Waals surface area contributed by atoms with Crippen molar-refractivity contribution < 1.29 is 17.9 Å². The van der Waals surface area contributed by atoms with Crippen molar-refractivity contribution in [3.63, 3.8) is 0 Å². The van der Waals surface area contributed by atoms with E-state index in [0.717, 1.165) is 38.7 Å². The molecule has 36 heavy (non-hydrogen) atoms. The molecule has 9 nitrogen and oxygen atoms in total. The Labute approximate surface area is 212 Å².